The molecule has 2 rings (SSSR count). The van der Waals surface area contributed by atoms with Crippen LogP contribution in [0.15, 0.2) is 24.3 Å². The zero-order valence-corrected chi connectivity index (χ0v) is 11.9. The van der Waals surface area contributed by atoms with Crippen LogP contribution in [0.3, 0.4) is 0 Å². The van der Waals surface area contributed by atoms with Crippen LogP contribution in [0.4, 0.5) is 5.69 Å². The van der Waals surface area contributed by atoms with Gasteiger partial charge < -0.3 is 14.8 Å². The van der Waals surface area contributed by atoms with Crippen LogP contribution < -0.4 is 10.1 Å². The fourth-order valence-electron chi connectivity index (χ4n) is 1.96. The zero-order valence-electron chi connectivity index (χ0n) is 11.1. The van der Waals surface area contributed by atoms with Gasteiger partial charge in [-0.05, 0) is 31.2 Å². The summed E-state index contributed by atoms with van der Waals surface area (Å²) in [5.41, 5.74) is 0.767. The lowest BCUT2D eigenvalue weighted by Crippen LogP contribution is -2.16. The number of amides is 1. The van der Waals surface area contributed by atoms with Gasteiger partial charge in [0.1, 0.15) is 12.4 Å². The number of rotatable bonds is 6. The molecule has 0 saturated carbocycles. The van der Waals surface area contributed by atoms with Crippen molar-refractivity contribution in [2.24, 2.45) is 0 Å². The third-order valence-electron chi connectivity index (χ3n) is 2.85. The van der Waals surface area contributed by atoms with E-state index in [1.165, 1.54) is 11.8 Å². The van der Waals surface area contributed by atoms with E-state index in [1.807, 2.05) is 30.5 Å². The Morgan fingerprint density at radius 3 is 3.21 bits per heavy atom. The molecule has 0 spiro atoms. The van der Waals surface area contributed by atoms with Crippen LogP contribution >= 0.6 is 11.8 Å². The number of hydrogen-bond acceptors (Lipinski definition) is 4. The number of ether oxygens (including phenoxy) is 2. The molecule has 1 aromatic carbocycles. The Hall–Kier alpha value is -1.20. The lowest BCUT2D eigenvalue weighted by Gasteiger charge is -2.12. The Kier molecular flexibility index (Phi) is 5.54. The molecular weight excluding hydrogens is 262 g/mol. The number of carbonyl (C=O) groups is 1. The normalized spacial score (nSPS) is 18.3. The fraction of sp³-hybridized carbons (Fsp3) is 0.500. The molecule has 0 aliphatic carbocycles. The summed E-state index contributed by atoms with van der Waals surface area (Å²) in [6.07, 6.45) is 4.28. The van der Waals surface area contributed by atoms with Gasteiger partial charge in [-0.25, -0.2) is 0 Å². The molecule has 1 heterocycles. The van der Waals surface area contributed by atoms with Crippen LogP contribution in [-0.2, 0) is 9.53 Å². The molecule has 1 aliphatic rings. The highest BCUT2D eigenvalue weighted by Gasteiger charge is 2.16. The second-order valence-electron chi connectivity index (χ2n) is 4.46. The highest BCUT2D eigenvalue weighted by atomic mass is 32.2. The predicted molar refractivity (Wildman–Crippen MR) is 77.9 cm³/mol. The first-order valence-electron chi connectivity index (χ1n) is 6.41. The van der Waals surface area contributed by atoms with Crippen molar-refractivity contribution < 1.29 is 14.3 Å². The summed E-state index contributed by atoms with van der Waals surface area (Å²) in [4.78, 5) is 11.5. The average Bonchev–Trinajstić information content (AvgIpc) is 2.90. The largest absolute Gasteiger partial charge is 0.491 e. The van der Waals surface area contributed by atoms with Gasteiger partial charge in [-0.3, -0.25) is 4.79 Å². The van der Waals surface area contributed by atoms with Crippen molar-refractivity contribution in [2.45, 2.75) is 18.9 Å². The summed E-state index contributed by atoms with van der Waals surface area (Å²) in [7, 11) is 0. The predicted octanol–water partition coefficient (Wildman–Crippen LogP) is 2.55. The van der Waals surface area contributed by atoms with E-state index in [0.717, 1.165) is 30.9 Å². The quantitative estimate of drug-likeness (QED) is 0.870. The molecule has 104 valence electrons. The summed E-state index contributed by atoms with van der Waals surface area (Å²) < 4.78 is 11.2. The fourth-order valence-corrected chi connectivity index (χ4v) is 2.29. The number of nitrogens with one attached hydrogen (secondary N) is 1. The van der Waals surface area contributed by atoms with E-state index < -0.39 is 0 Å². The first-order chi connectivity index (χ1) is 9.28. The molecular formula is C14H19NO3S. The van der Waals surface area contributed by atoms with Gasteiger partial charge in [-0.1, -0.05) is 6.07 Å². The second-order valence-corrected chi connectivity index (χ2v) is 5.32. The van der Waals surface area contributed by atoms with Crippen molar-refractivity contribution in [1.82, 2.24) is 0 Å². The molecule has 1 aromatic rings. The minimum absolute atomic E-state index is 0.00350. The van der Waals surface area contributed by atoms with Crippen molar-refractivity contribution in [3.63, 3.8) is 0 Å². The molecule has 4 nitrogen and oxygen atoms in total. The van der Waals surface area contributed by atoms with Crippen LogP contribution in [0.25, 0.3) is 0 Å². The van der Waals surface area contributed by atoms with Gasteiger partial charge in [0.15, 0.2) is 0 Å². The maximum Gasteiger partial charge on any atom is 0.234 e. The second kappa shape index (κ2) is 7.40. The summed E-state index contributed by atoms with van der Waals surface area (Å²) in [5.74, 6) is 1.22. The van der Waals surface area contributed by atoms with E-state index in [1.54, 1.807) is 0 Å². The van der Waals surface area contributed by atoms with Crippen LogP contribution in [0.5, 0.6) is 5.75 Å². The van der Waals surface area contributed by atoms with Gasteiger partial charge >= 0.3 is 0 Å². The van der Waals surface area contributed by atoms with E-state index in [9.17, 15) is 4.79 Å². The Balaban J connectivity index is 1.85. The van der Waals surface area contributed by atoms with Crippen molar-refractivity contribution in [2.75, 3.05) is 30.5 Å². The van der Waals surface area contributed by atoms with Crippen LogP contribution in [0.2, 0.25) is 0 Å². The van der Waals surface area contributed by atoms with Crippen LogP contribution in [0, 0.1) is 0 Å². The smallest absolute Gasteiger partial charge is 0.234 e. The molecule has 0 radical (unpaired) electrons. The minimum Gasteiger partial charge on any atom is -0.491 e. The van der Waals surface area contributed by atoms with Crippen molar-refractivity contribution in [3.8, 4) is 5.75 Å². The molecule has 1 saturated heterocycles. The topological polar surface area (TPSA) is 47.6 Å². The maximum absolute atomic E-state index is 11.5. The summed E-state index contributed by atoms with van der Waals surface area (Å²) >= 11 is 1.50. The molecule has 5 heteroatoms. The average molecular weight is 281 g/mol. The Bertz CT molecular complexity index is 419. The molecule has 1 unspecified atom stereocenters. The third kappa shape index (κ3) is 4.76. The SMILES string of the molecule is CSCC(=O)Nc1cccc(OCC2CCCO2)c1. The number of hydrogen-bond donors (Lipinski definition) is 1. The highest BCUT2D eigenvalue weighted by molar-refractivity contribution is 7.99. The van der Waals surface area contributed by atoms with Gasteiger partial charge in [0.25, 0.3) is 0 Å². The van der Waals surface area contributed by atoms with Crippen LogP contribution in [0.1, 0.15) is 12.8 Å². The first-order valence-corrected chi connectivity index (χ1v) is 7.80. The van der Waals surface area contributed by atoms with E-state index >= 15 is 0 Å². The van der Waals surface area contributed by atoms with E-state index in [2.05, 4.69) is 5.32 Å². The molecule has 1 atom stereocenters. The standard InChI is InChI=1S/C14H19NO3S/c1-19-10-14(16)15-11-4-2-5-12(8-11)18-9-13-6-3-7-17-13/h2,4-5,8,13H,3,6-7,9-10H2,1H3,(H,15,16). The van der Waals surface area contributed by atoms with Gasteiger partial charge in [-0.2, -0.15) is 11.8 Å². The molecule has 1 fully saturated rings. The van der Waals surface area contributed by atoms with Crippen molar-refractivity contribution >= 4 is 23.4 Å². The maximum atomic E-state index is 11.5. The van der Waals surface area contributed by atoms with Crippen molar-refractivity contribution in [1.29, 1.82) is 0 Å². The molecule has 1 aliphatic heterocycles. The Morgan fingerprint density at radius 1 is 1.58 bits per heavy atom. The molecule has 0 aromatic heterocycles. The first kappa shape index (κ1) is 14.2. The summed E-state index contributed by atoms with van der Waals surface area (Å²) in [5, 5.41) is 2.84. The van der Waals surface area contributed by atoms with Crippen LogP contribution in [-0.4, -0.2) is 37.2 Å². The monoisotopic (exact) mass is 281 g/mol. The van der Waals surface area contributed by atoms with Gasteiger partial charge in [-0.15, -0.1) is 0 Å². The van der Waals surface area contributed by atoms with E-state index in [-0.39, 0.29) is 12.0 Å². The summed E-state index contributed by atoms with van der Waals surface area (Å²) in [6, 6.07) is 7.46. The molecule has 19 heavy (non-hydrogen) atoms. The number of thioether (sulfide) groups is 1. The van der Waals surface area contributed by atoms with Gasteiger partial charge in [0, 0.05) is 18.4 Å². The Morgan fingerprint density at radius 2 is 2.47 bits per heavy atom. The van der Waals surface area contributed by atoms with Gasteiger partial charge in [0.05, 0.1) is 11.9 Å². The number of carbonyl (C=O) groups excluding carboxylic acids is 1. The molecule has 1 amide bonds. The molecule has 1 N–H and O–H groups in total. The third-order valence-corrected chi connectivity index (χ3v) is 3.40. The zero-order chi connectivity index (χ0) is 13.5. The summed E-state index contributed by atoms with van der Waals surface area (Å²) in [6.45, 7) is 1.40. The molecule has 0 bridgehead atoms. The van der Waals surface area contributed by atoms with Gasteiger partial charge in [0.2, 0.25) is 5.91 Å². The minimum atomic E-state index is 0.00350. The number of anilines is 1. The number of benzene rings is 1. The van der Waals surface area contributed by atoms with E-state index in [0.29, 0.717) is 12.4 Å². The Labute approximate surface area is 117 Å². The highest BCUT2D eigenvalue weighted by Crippen LogP contribution is 2.19. The lowest BCUT2D eigenvalue weighted by atomic mass is 10.2. The lowest BCUT2D eigenvalue weighted by molar-refractivity contribution is -0.113. The van der Waals surface area contributed by atoms with E-state index in [4.69, 9.17) is 9.47 Å². The van der Waals surface area contributed by atoms with Crippen molar-refractivity contribution in [3.05, 3.63) is 24.3 Å².